The number of morpholine rings is 1. The normalized spacial score (nSPS) is 20.7. The average molecular weight is 472 g/mol. The molecule has 0 spiro atoms. The molecule has 0 bridgehead atoms. The molecule has 34 heavy (non-hydrogen) atoms. The van der Waals surface area contributed by atoms with E-state index in [1.807, 2.05) is 49.0 Å². The van der Waals surface area contributed by atoms with Crippen molar-refractivity contribution >= 4 is 5.91 Å². The molecule has 2 atom stereocenters. The van der Waals surface area contributed by atoms with E-state index >= 15 is 0 Å². The second-order valence-electron chi connectivity index (χ2n) is 8.60. The highest BCUT2D eigenvalue weighted by molar-refractivity contribution is 5.91. The molecule has 9 heteroatoms. The van der Waals surface area contributed by atoms with Crippen LogP contribution in [-0.4, -0.2) is 71.1 Å². The number of benzene rings is 1. The number of carbonyl (C=O) groups is 1. The highest BCUT2D eigenvalue weighted by Gasteiger charge is 2.34. The SMILES string of the molecule is Cc1c([C@H]2C=C(C(=O)N3CCOCC3)O[C@@H](OCCCCO)C2)c(=O)n(-c2ccccc2)n1C. The molecule has 9 nitrogen and oxygen atoms in total. The molecule has 2 aliphatic heterocycles. The number of para-hydroxylation sites is 1. The lowest BCUT2D eigenvalue weighted by Crippen LogP contribution is -2.43. The second-order valence-corrected chi connectivity index (χ2v) is 8.60. The van der Waals surface area contributed by atoms with Gasteiger partial charge >= 0.3 is 0 Å². The number of allylic oxidation sites excluding steroid dienone is 1. The van der Waals surface area contributed by atoms with Gasteiger partial charge in [-0.3, -0.25) is 14.3 Å². The second kappa shape index (κ2) is 11.0. The molecular weight excluding hydrogens is 438 g/mol. The molecule has 1 amide bonds. The van der Waals surface area contributed by atoms with E-state index in [-0.39, 0.29) is 29.8 Å². The molecule has 0 saturated carbocycles. The van der Waals surface area contributed by atoms with Gasteiger partial charge in [-0.2, -0.15) is 0 Å². The highest BCUT2D eigenvalue weighted by Crippen LogP contribution is 2.33. The van der Waals surface area contributed by atoms with Crippen LogP contribution in [0.2, 0.25) is 0 Å². The van der Waals surface area contributed by atoms with Gasteiger partial charge in [-0.05, 0) is 38.0 Å². The van der Waals surface area contributed by atoms with Crippen molar-refractivity contribution < 1.29 is 24.1 Å². The van der Waals surface area contributed by atoms with Crippen molar-refractivity contribution in [2.75, 3.05) is 39.5 Å². The van der Waals surface area contributed by atoms with Crippen molar-refractivity contribution in [3.63, 3.8) is 0 Å². The molecule has 2 aromatic rings. The Hall–Kier alpha value is -2.88. The number of aliphatic hydroxyl groups excluding tert-OH is 1. The van der Waals surface area contributed by atoms with Crippen molar-refractivity contribution in [2.24, 2.45) is 7.05 Å². The summed E-state index contributed by atoms with van der Waals surface area (Å²) in [6.07, 6.45) is 2.85. The third kappa shape index (κ3) is 5.11. The van der Waals surface area contributed by atoms with Crippen LogP contribution in [0.15, 0.2) is 47.0 Å². The summed E-state index contributed by atoms with van der Waals surface area (Å²) < 4.78 is 20.7. The molecule has 1 saturated heterocycles. The van der Waals surface area contributed by atoms with E-state index < -0.39 is 6.29 Å². The van der Waals surface area contributed by atoms with Crippen LogP contribution in [0, 0.1) is 6.92 Å². The topological polar surface area (TPSA) is 95.2 Å². The van der Waals surface area contributed by atoms with E-state index in [9.17, 15) is 9.59 Å². The zero-order chi connectivity index (χ0) is 24.1. The number of ether oxygens (including phenoxy) is 3. The van der Waals surface area contributed by atoms with Crippen LogP contribution >= 0.6 is 0 Å². The van der Waals surface area contributed by atoms with E-state index in [1.165, 1.54) is 0 Å². The lowest BCUT2D eigenvalue weighted by molar-refractivity contribution is -0.155. The number of nitrogens with zero attached hydrogens (tertiary/aromatic N) is 3. The summed E-state index contributed by atoms with van der Waals surface area (Å²) in [5.41, 5.74) is 2.12. The Balaban J connectivity index is 1.67. The standard InChI is InChI=1S/C25H33N3O6/c1-18-23(25(31)28(26(18)2)20-8-4-3-5-9-20)19-16-21(24(30)27-10-14-32-15-11-27)34-22(17-19)33-13-7-6-12-29/h3-5,8-9,16,19,22,29H,6-7,10-15,17H2,1-2H3/t19-,22+/m0/s1. The molecule has 0 aliphatic carbocycles. The van der Waals surface area contributed by atoms with Gasteiger partial charge < -0.3 is 24.2 Å². The number of hydrogen-bond donors (Lipinski definition) is 1. The first-order valence-corrected chi connectivity index (χ1v) is 11.8. The predicted molar refractivity (Wildman–Crippen MR) is 126 cm³/mol. The Kier molecular flexibility index (Phi) is 7.87. The van der Waals surface area contributed by atoms with E-state index in [0.717, 1.165) is 11.4 Å². The van der Waals surface area contributed by atoms with Gasteiger partial charge in [0.05, 0.1) is 25.5 Å². The maximum atomic E-state index is 13.6. The Morgan fingerprint density at radius 3 is 2.62 bits per heavy atom. The van der Waals surface area contributed by atoms with Gasteiger partial charge in [0.2, 0.25) is 6.29 Å². The summed E-state index contributed by atoms with van der Waals surface area (Å²) >= 11 is 0. The van der Waals surface area contributed by atoms with Gasteiger partial charge in [0.15, 0.2) is 5.76 Å². The number of carbonyl (C=O) groups excluding carboxylic acids is 1. The molecule has 1 fully saturated rings. The first kappa shape index (κ1) is 24.3. The minimum absolute atomic E-state index is 0.0976. The summed E-state index contributed by atoms with van der Waals surface area (Å²) in [6, 6.07) is 9.49. The van der Waals surface area contributed by atoms with Crippen LogP contribution in [0.1, 0.15) is 36.4 Å². The van der Waals surface area contributed by atoms with Crippen LogP contribution in [-0.2, 0) is 26.1 Å². The first-order chi connectivity index (χ1) is 16.5. The number of hydrogen-bond acceptors (Lipinski definition) is 6. The van der Waals surface area contributed by atoms with Crippen molar-refractivity contribution in [1.29, 1.82) is 0 Å². The van der Waals surface area contributed by atoms with Crippen molar-refractivity contribution in [3.8, 4) is 5.69 Å². The lowest BCUT2D eigenvalue weighted by Gasteiger charge is -2.32. The summed E-state index contributed by atoms with van der Waals surface area (Å²) in [6.45, 7) is 4.39. The Morgan fingerprint density at radius 1 is 1.18 bits per heavy atom. The molecule has 1 aromatic carbocycles. The molecule has 2 aliphatic rings. The predicted octanol–water partition coefficient (Wildman–Crippen LogP) is 1.85. The molecule has 184 valence electrons. The summed E-state index contributed by atoms with van der Waals surface area (Å²) in [5.74, 6) is -0.339. The van der Waals surface area contributed by atoms with E-state index in [0.29, 0.717) is 57.7 Å². The monoisotopic (exact) mass is 471 g/mol. The number of unbranched alkanes of at least 4 members (excludes halogenated alkanes) is 1. The zero-order valence-electron chi connectivity index (χ0n) is 19.8. The van der Waals surface area contributed by atoms with E-state index in [4.69, 9.17) is 19.3 Å². The Morgan fingerprint density at radius 2 is 1.91 bits per heavy atom. The van der Waals surface area contributed by atoms with Crippen molar-refractivity contribution in [3.05, 3.63) is 63.8 Å². The van der Waals surface area contributed by atoms with Crippen molar-refractivity contribution in [2.45, 2.75) is 38.4 Å². The van der Waals surface area contributed by atoms with Gasteiger partial charge in [-0.1, -0.05) is 18.2 Å². The number of aromatic nitrogens is 2. The fourth-order valence-electron chi connectivity index (χ4n) is 4.48. The summed E-state index contributed by atoms with van der Waals surface area (Å²) in [5, 5.41) is 9.04. The minimum Gasteiger partial charge on any atom is -0.459 e. The van der Waals surface area contributed by atoms with Crippen LogP contribution in [0.4, 0.5) is 0 Å². The average Bonchev–Trinajstić information content (AvgIpc) is 3.10. The van der Waals surface area contributed by atoms with Gasteiger partial charge in [0.1, 0.15) is 0 Å². The van der Waals surface area contributed by atoms with E-state index in [1.54, 1.807) is 15.7 Å². The van der Waals surface area contributed by atoms with Crippen LogP contribution in [0.3, 0.4) is 0 Å². The lowest BCUT2D eigenvalue weighted by atomic mass is 9.93. The third-order valence-electron chi connectivity index (χ3n) is 6.39. The number of aliphatic hydroxyl groups is 1. The van der Waals surface area contributed by atoms with Crippen LogP contribution in [0.5, 0.6) is 0 Å². The van der Waals surface area contributed by atoms with Gasteiger partial charge in [0.25, 0.3) is 11.5 Å². The maximum Gasteiger partial charge on any atom is 0.288 e. The molecule has 4 rings (SSSR count). The van der Waals surface area contributed by atoms with Crippen LogP contribution in [0.25, 0.3) is 5.69 Å². The van der Waals surface area contributed by atoms with Gasteiger partial charge in [0, 0.05) is 50.3 Å². The minimum atomic E-state index is -0.655. The van der Waals surface area contributed by atoms with Crippen molar-refractivity contribution in [1.82, 2.24) is 14.3 Å². The first-order valence-electron chi connectivity index (χ1n) is 11.8. The molecule has 0 unspecified atom stereocenters. The fourth-order valence-corrected chi connectivity index (χ4v) is 4.48. The molecule has 1 N–H and O–H groups in total. The maximum absolute atomic E-state index is 13.6. The van der Waals surface area contributed by atoms with Gasteiger partial charge in [-0.25, -0.2) is 4.68 Å². The fraction of sp³-hybridized carbons (Fsp3) is 0.520. The third-order valence-corrected chi connectivity index (χ3v) is 6.39. The number of amides is 1. The van der Waals surface area contributed by atoms with Crippen LogP contribution < -0.4 is 5.56 Å². The molecule has 0 radical (unpaired) electrons. The summed E-state index contributed by atoms with van der Waals surface area (Å²) in [7, 11) is 1.86. The largest absolute Gasteiger partial charge is 0.459 e. The van der Waals surface area contributed by atoms with Gasteiger partial charge in [-0.15, -0.1) is 0 Å². The molecule has 3 heterocycles. The molecular formula is C25H33N3O6. The summed E-state index contributed by atoms with van der Waals surface area (Å²) in [4.78, 5) is 28.5. The van der Waals surface area contributed by atoms with E-state index in [2.05, 4.69) is 0 Å². The highest BCUT2D eigenvalue weighted by atomic mass is 16.7. The quantitative estimate of drug-likeness (QED) is 0.591. The number of rotatable bonds is 8. The Labute approximate surface area is 199 Å². The smallest absolute Gasteiger partial charge is 0.288 e. The Bertz CT molecular complexity index is 1070. The zero-order valence-corrected chi connectivity index (χ0v) is 19.8. The molecule has 1 aromatic heterocycles.